The molecule has 1 aliphatic heterocycles. The molecule has 0 saturated carbocycles. The van der Waals surface area contributed by atoms with Crippen molar-refractivity contribution in [3.63, 3.8) is 0 Å². The summed E-state index contributed by atoms with van der Waals surface area (Å²) in [6.45, 7) is 5.62. The van der Waals surface area contributed by atoms with Gasteiger partial charge in [-0.25, -0.2) is 0 Å². The van der Waals surface area contributed by atoms with Crippen LogP contribution >= 0.6 is 11.3 Å². The molecule has 2 aromatic rings. The zero-order valence-corrected chi connectivity index (χ0v) is 13.6. The van der Waals surface area contributed by atoms with Crippen LogP contribution < -0.4 is 0 Å². The zero-order chi connectivity index (χ0) is 14.5. The van der Waals surface area contributed by atoms with E-state index in [9.17, 15) is 0 Å². The minimum Gasteiger partial charge on any atom is -0.472 e. The predicted molar refractivity (Wildman–Crippen MR) is 87.3 cm³/mol. The fourth-order valence-electron chi connectivity index (χ4n) is 2.98. The molecule has 0 spiro atoms. The van der Waals surface area contributed by atoms with E-state index < -0.39 is 0 Å². The fourth-order valence-corrected chi connectivity index (χ4v) is 3.94. The number of nitrogens with zero attached hydrogens (tertiary/aromatic N) is 2. The quantitative estimate of drug-likeness (QED) is 0.805. The van der Waals surface area contributed by atoms with Crippen molar-refractivity contribution >= 4 is 11.3 Å². The highest BCUT2D eigenvalue weighted by atomic mass is 32.1. The van der Waals surface area contributed by atoms with Gasteiger partial charge in [-0.3, -0.25) is 9.80 Å². The second-order valence-electron chi connectivity index (χ2n) is 6.06. The van der Waals surface area contributed by atoms with Crippen molar-refractivity contribution < 1.29 is 4.42 Å². The monoisotopic (exact) mass is 304 g/mol. The Bertz CT molecular complexity index is 529. The Kier molecular flexibility index (Phi) is 5.12. The summed E-state index contributed by atoms with van der Waals surface area (Å²) < 4.78 is 5.12. The molecule has 114 valence electrons. The molecule has 1 aliphatic rings. The van der Waals surface area contributed by atoms with Crippen LogP contribution in [0.15, 0.2) is 34.5 Å². The molecule has 3 rings (SSSR count). The van der Waals surface area contributed by atoms with Crippen molar-refractivity contribution in [3.05, 3.63) is 46.0 Å². The summed E-state index contributed by atoms with van der Waals surface area (Å²) >= 11 is 1.89. The molecule has 1 fully saturated rings. The van der Waals surface area contributed by atoms with Gasteiger partial charge in [-0.2, -0.15) is 0 Å². The van der Waals surface area contributed by atoms with E-state index in [0.717, 1.165) is 19.6 Å². The average Bonchev–Trinajstić information content (AvgIpc) is 3.12. The van der Waals surface area contributed by atoms with Gasteiger partial charge in [-0.1, -0.05) is 6.42 Å². The lowest BCUT2D eigenvalue weighted by Crippen LogP contribution is -2.28. The number of thiophene rings is 1. The first-order valence-electron chi connectivity index (χ1n) is 7.78. The van der Waals surface area contributed by atoms with Crippen LogP contribution in [0.3, 0.4) is 0 Å². The fraction of sp³-hybridized carbons (Fsp3) is 0.529. The Morgan fingerprint density at radius 3 is 2.81 bits per heavy atom. The van der Waals surface area contributed by atoms with Crippen molar-refractivity contribution in [1.29, 1.82) is 0 Å². The molecule has 0 radical (unpaired) electrons. The predicted octanol–water partition coefficient (Wildman–Crippen LogP) is 3.96. The molecular formula is C17H24N2OS. The van der Waals surface area contributed by atoms with E-state index in [1.165, 1.54) is 48.4 Å². The Balaban J connectivity index is 1.49. The van der Waals surface area contributed by atoms with Crippen molar-refractivity contribution in [2.75, 3.05) is 20.1 Å². The second-order valence-corrected chi connectivity index (χ2v) is 7.06. The molecule has 0 aromatic carbocycles. The van der Waals surface area contributed by atoms with Crippen LogP contribution in [0.2, 0.25) is 0 Å². The Morgan fingerprint density at radius 2 is 2.05 bits per heavy atom. The van der Waals surface area contributed by atoms with Crippen molar-refractivity contribution in [1.82, 2.24) is 9.80 Å². The smallest absolute Gasteiger partial charge is 0.0947 e. The minimum atomic E-state index is 0.940. The Morgan fingerprint density at radius 1 is 1.19 bits per heavy atom. The van der Waals surface area contributed by atoms with Gasteiger partial charge in [-0.05, 0) is 56.1 Å². The van der Waals surface area contributed by atoms with Gasteiger partial charge in [0.15, 0.2) is 0 Å². The topological polar surface area (TPSA) is 19.6 Å². The van der Waals surface area contributed by atoms with E-state index in [1.807, 2.05) is 23.7 Å². The summed E-state index contributed by atoms with van der Waals surface area (Å²) in [7, 11) is 2.16. The summed E-state index contributed by atoms with van der Waals surface area (Å²) in [5.41, 5.74) is 2.72. The Labute approximate surface area is 131 Å². The van der Waals surface area contributed by atoms with Crippen LogP contribution in [0.4, 0.5) is 0 Å². The first-order chi connectivity index (χ1) is 10.3. The van der Waals surface area contributed by atoms with Crippen molar-refractivity contribution in [3.8, 4) is 0 Å². The molecule has 1 saturated heterocycles. The lowest BCUT2D eigenvalue weighted by atomic mass is 10.1. The second kappa shape index (κ2) is 7.25. The largest absolute Gasteiger partial charge is 0.472 e. The van der Waals surface area contributed by atoms with Gasteiger partial charge in [0.2, 0.25) is 0 Å². The molecule has 0 amide bonds. The van der Waals surface area contributed by atoms with E-state index in [4.69, 9.17) is 4.42 Å². The molecule has 3 heterocycles. The highest BCUT2D eigenvalue weighted by Gasteiger charge is 2.12. The molecule has 0 unspecified atom stereocenters. The first-order valence-corrected chi connectivity index (χ1v) is 8.66. The molecule has 0 N–H and O–H groups in total. The summed E-state index contributed by atoms with van der Waals surface area (Å²) in [5.74, 6) is 0. The molecule has 4 heteroatoms. The molecule has 0 aliphatic carbocycles. The number of hydrogen-bond acceptors (Lipinski definition) is 4. The summed E-state index contributed by atoms with van der Waals surface area (Å²) in [4.78, 5) is 6.37. The maximum absolute atomic E-state index is 5.12. The van der Waals surface area contributed by atoms with E-state index in [2.05, 4.69) is 28.3 Å². The SMILES string of the molecule is CN(Cc1ccoc1)Cc1cc(CN2CCCCC2)cs1. The van der Waals surface area contributed by atoms with E-state index in [-0.39, 0.29) is 0 Å². The normalized spacial score (nSPS) is 16.7. The standard InChI is InChI=1S/C17H24N2OS/c1-18(10-15-5-8-20-13-15)12-17-9-16(14-21-17)11-19-6-3-2-4-7-19/h5,8-9,13-14H,2-4,6-7,10-12H2,1H3. The lowest BCUT2D eigenvalue weighted by Gasteiger charge is -2.25. The molecule has 3 nitrogen and oxygen atoms in total. The van der Waals surface area contributed by atoms with Gasteiger partial charge in [0.05, 0.1) is 12.5 Å². The molecule has 0 bridgehead atoms. The third kappa shape index (κ3) is 4.43. The van der Waals surface area contributed by atoms with Gasteiger partial charge in [0.25, 0.3) is 0 Å². The van der Waals surface area contributed by atoms with Gasteiger partial charge < -0.3 is 4.42 Å². The van der Waals surface area contributed by atoms with Gasteiger partial charge in [0, 0.05) is 30.1 Å². The molecule has 0 atom stereocenters. The summed E-state index contributed by atoms with van der Waals surface area (Å²) in [6.07, 6.45) is 7.71. The van der Waals surface area contributed by atoms with Crippen LogP contribution in [0.1, 0.15) is 35.3 Å². The van der Waals surface area contributed by atoms with Crippen LogP contribution in [0.25, 0.3) is 0 Å². The third-order valence-electron chi connectivity index (χ3n) is 4.02. The molecule has 2 aromatic heterocycles. The third-order valence-corrected chi connectivity index (χ3v) is 4.99. The van der Waals surface area contributed by atoms with Crippen LogP contribution in [-0.4, -0.2) is 29.9 Å². The van der Waals surface area contributed by atoms with E-state index >= 15 is 0 Å². The van der Waals surface area contributed by atoms with Crippen LogP contribution in [0, 0.1) is 0 Å². The van der Waals surface area contributed by atoms with Crippen LogP contribution in [-0.2, 0) is 19.6 Å². The molecular weight excluding hydrogens is 280 g/mol. The molecule has 21 heavy (non-hydrogen) atoms. The van der Waals surface area contributed by atoms with Gasteiger partial charge in [0.1, 0.15) is 0 Å². The van der Waals surface area contributed by atoms with Crippen LogP contribution in [0.5, 0.6) is 0 Å². The maximum Gasteiger partial charge on any atom is 0.0947 e. The summed E-state index contributed by atoms with van der Waals surface area (Å²) in [6, 6.07) is 4.41. The number of rotatable bonds is 6. The van der Waals surface area contributed by atoms with E-state index in [0.29, 0.717) is 0 Å². The van der Waals surface area contributed by atoms with E-state index in [1.54, 1.807) is 6.26 Å². The first kappa shape index (κ1) is 14.8. The number of hydrogen-bond donors (Lipinski definition) is 0. The highest BCUT2D eigenvalue weighted by Crippen LogP contribution is 2.20. The average molecular weight is 304 g/mol. The number of piperidine rings is 1. The highest BCUT2D eigenvalue weighted by molar-refractivity contribution is 7.10. The van der Waals surface area contributed by atoms with Crippen molar-refractivity contribution in [2.45, 2.75) is 38.9 Å². The minimum absolute atomic E-state index is 0.940. The zero-order valence-electron chi connectivity index (χ0n) is 12.8. The summed E-state index contributed by atoms with van der Waals surface area (Å²) in [5, 5.41) is 2.33. The van der Waals surface area contributed by atoms with Gasteiger partial charge in [-0.15, -0.1) is 11.3 Å². The number of likely N-dealkylation sites (tertiary alicyclic amines) is 1. The Hall–Kier alpha value is -1.10. The number of furan rings is 1. The van der Waals surface area contributed by atoms with Gasteiger partial charge >= 0.3 is 0 Å². The van der Waals surface area contributed by atoms with Crippen molar-refractivity contribution in [2.24, 2.45) is 0 Å². The lowest BCUT2D eigenvalue weighted by molar-refractivity contribution is 0.221. The maximum atomic E-state index is 5.12.